The minimum Gasteiger partial charge on any atom is -0.192 e. The number of benzene rings is 3. The number of halogens is 2. The molecular weight excluding hydrogens is 558 g/mol. The zero-order valence-corrected chi connectivity index (χ0v) is 18.2. The molecule has 3 aliphatic rings. The summed E-state index contributed by atoms with van der Waals surface area (Å²) in [6.07, 6.45) is 0. The number of hydrogen-bond donors (Lipinski definition) is 0. The average molecular weight is 568 g/mol. The second-order valence-electron chi connectivity index (χ2n) is 7.43. The molecule has 3 unspecified atom stereocenters. The van der Waals surface area contributed by atoms with Crippen LogP contribution in [-0.2, 0) is 5.41 Å². The van der Waals surface area contributed by atoms with Gasteiger partial charge in [0, 0.05) is 24.4 Å². The molecular formula is C23H10I2N2. The lowest BCUT2D eigenvalue weighted by Crippen LogP contribution is -2.52. The van der Waals surface area contributed by atoms with Crippen LogP contribution in [0.5, 0.6) is 0 Å². The second kappa shape index (κ2) is 5.12. The summed E-state index contributed by atoms with van der Waals surface area (Å²) in [5.41, 5.74) is 9.51. The van der Waals surface area contributed by atoms with E-state index in [2.05, 4.69) is 106 Å². The van der Waals surface area contributed by atoms with Gasteiger partial charge >= 0.3 is 0 Å². The summed E-state index contributed by atoms with van der Waals surface area (Å²) in [5, 5.41) is 19.1. The molecule has 126 valence electrons. The number of hydrogen-bond acceptors (Lipinski definition) is 2. The van der Waals surface area contributed by atoms with E-state index in [0.717, 1.165) is 18.3 Å². The molecule has 6 rings (SSSR count). The van der Waals surface area contributed by atoms with E-state index in [1.165, 1.54) is 33.4 Å². The van der Waals surface area contributed by atoms with Crippen molar-refractivity contribution in [1.82, 2.24) is 0 Å². The summed E-state index contributed by atoms with van der Waals surface area (Å²) in [6, 6.07) is 22.0. The largest absolute Gasteiger partial charge is 0.192 e. The Morgan fingerprint density at radius 1 is 0.704 bits per heavy atom. The van der Waals surface area contributed by atoms with E-state index in [1.807, 2.05) is 0 Å². The van der Waals surface area contributed by atoms with Crippen molar-refractivity contribution < 1.29 is 0 Å². The topological polar surface area (TPSA) is 47.6 Å². The van der Waals surface area contributed by atoms with Crippen molar-refractivity contribution in [3.05, 3.63) is 100 Å². The number of fused-ring (bicyclic) bond motifs is 7. The highest BCUT2D eigenvalue weighted by Crippen LogP contribution is 2.77. The lowest BCUT2D eigenvalue weighted by molar-refractivity contribution is 0.332. The first-order valence-corrected chi connectivity index (χ1v) is 10.9. The van der Waals surface area contributed by atoms with Gasteiger partial charge in [0.05, 0.1) is 11.1 Å². The molecule has 27 heavy (non-hydrogen) atoms. The molecule has 0 saturated carbocycles. The summed E-state index contributed by atoms with van der Waals surface area (Å²) in [4.78, 5) is 0. The molecule has 0 aliphatic heterocycles. The van der Waals surface area contributed by atoms with E-state index in [0.29, 0.717) is 5.92 Å². The minimum atomic E-state index is -0.0542. The zero-order chi connectivity index (χ0) is 18.5. The van der Waals surface area contributed by atoms with E-state index in [4.69, 9.17) is 0 Å². The standard InChI is InChI=1S/C23H10I2N2/c24-19-7-15-14(5-11(19)9-26)21-13-3-1-2-4-17(13)23(21)18-6-12(10-27)20(25)8-16(18)22(15)23/h1-8,21-22H. The monoisotopic (exact) mass is 568 g/mol. The predicted octanol–water partition coefficient (Wildman–Crippen LogP) is 5.53. The van der Waals surface area contributed by atoms with Gasteiger partial charge in [0.25, 0.3) is 0 Å². The van der Waals surface area contributed by atoms with Gasteiger partial charge in [0.1, 0.15) is 12.1 Å². The molecule has 3 aromatic carbocycles. The van der Waals surface area contributed by atoms with Crippen molar-refractivity contribution >= 4 is 45.2 Å². The maximum absolute atomic E-state index is 9.55. The fourth-order valence-corrected chi connectivity index (χ4v) is 6.91. The lowest BCUT2D eigenvalue weighted by Gasteiger charge is -2.58. The van der Waals surface area contributed by atoms with E-state index in [-0.39, 0.29) is 11.3 Å². The Morgan fingerprint density at radius 3 is 2.04 bits per heavy atom. The van der Waals surface area contributed by atoms with Crippen molar-refractivity contribution in [2.75, 3.05) is 0 Å². The maximum Gasteiger partial charge on any atom is 0.100 e. The van der Waals surface area contributed by atoms with Crippen LogP contribution in [0.3, 0.4) is 0 Å². The maximum atomic E-state index is 9.55. The van der Waals surface area contributed by atoms with Gasteiger partial charge in [0.2, 0.25) is 0 Å². The molecule has 1 spiro atoms. The highest BCUT2D eigenvalue weighted by Gasteiger charge is 2.69. The number of rotatable bonds is 0. The van der Waals surface area contributed by atoms with Crippen molar-refractivity contribution in [3.63, 3.8) is 0 Å². The van der Waals surface area contributed by atoms with Gasteiger partial charge < -0.3 is 0 Å². The SMILES string of the molecule is N#Cc1cc2c(cc1I)C1c3cc(I)c(C#N)cc3C13c1ccccc1C23. The molecule has 0 aromatic heterocycles. The number of nitriles is 2. The van der Waals surface area contributed by atoms with Gasteiger partial charge in [-0.2, -0.15) is 10.5 Å². The minimum absolute atomic E-state index is 0.0542. The van der Waals surface area contributed by atoms with Crippen LogP contribution in [-0.4, -0.2) is 0 Å². The summed E-state index contributed by atoms with van der Waals surface area (Å²) < 4.78 is 2.04. The Labute approximate surface area is 184 Å². The van der Waals surface area contributed by atoms with Crippen molar-refractivity contribution in [1.29, 1.82) is 10.5 Å². The van der Waals surface area contributed by atoms with Crippen molar-refractivity contribution in [3.8, 4) is 12.1 Å². The van der Waals surface area contributed by atoms with Gasteiger partial charge in [-0.1, -0.05) is 24.3 Å². The smallest absolute Gasteiger partial charge is 0.100 e. The molecule has 0 heterocycles. The van der Waals surface area contributed by atoms with E-state index in [1.54, 1.807) is 0 Å². The lowest BCUT2D eigenvalue weighted by atomic mass is 9.43. The van der Waals surface area contributed by atoms with Gasteiger partial charge in [-0.05, 0) is 103 Å². The first-order chi connectivity index (χ1) is 13.1. The van der Waals surface area contributed by atoms with Crippen LogP contribution in [0.4, 0.5) is 0 Å². The number of nitrogens with zero attached hydrogens (tertiary/aromatic N) is 2. The molecule has 0 amide bonds. The van der Waals surface area contributed by atoms with Crippen LogP contribution in [0.1, 0.15) is 56.3 Å². The Hall–Kier alpha value is -1.90. The average Bonchev–Trinajstić information content (AvgIpc) is 2.86. The third-order valence-corrected chi connectivity index (χ3v) is 8.34. The van der Waals surface area contributed by atoms with Crippen LogP contribution in [0.2, 0.25) is 0 Å². The Morgan fingerprint density at radius 2 is 1.30 bits per heavy atom. The summed E-state index contributed by atoms with van der Waals surface area (Å²) in [5.74, 6) is 0.613. The normalized spacial score (nSPS) is 24.7. The van der Waals surface area contributed by atoms with Crippen LogP contribution in [0.15, 0.2) is 48.5 Å². The van der Waals surface area contributed by atoms with E-state index in [9.17, 15) is 10.5 Å². The molecule has 3 atom stereocenters. The zero-order valence-electron chi connectivity index (χ0n) is 13.9. The molecule has 0 saturated heterocycles. The second-order valence-corrected chi connectivity index (χ2v) is 9.75. The highest BCUT2D eigenvalue weighted by molar-refractivity contribution is 14.1. The first kappa shape index (κ1) is 16.1. The Bertz CT molecular complexity index is 1270. The summed E-state index contributed by atoms with van der Waals surface area (Å²) in [6.45, 7) is 0. The Kier molecular flexibility index (Phi) is 3.05. The van der Waals surface area contributed by atoms with E-state index < -0.39 is 0 Å². The summed E-state index contributed by atoms with van der Waals surface area (Å²) in [7, 11) is 0. The quantitative estimate of drug-likeness (QED) is 0.335. The first-order valence-electron chi connectivity index (χ1n) is 8.69. The third-order valence-electron chi connectivity index (χ3n) is 6.56. The molecule has 3 aliphatic carbocycles. The van der Waals surface area contributed by atoms with Gasteiger partial charge in [-0.3, -0.25) is 0 Å². The Balaban J connectivity index is 1.72. The van der Waals surface area contributed by atoms with Crippen LogP contribution in [0, 0.1) is 29.8 Å². The third kappa shape index (κ3) is 1.63. The van der Waals surface area contributed by atoms with E-state index >= 15 is 0 Å². The van der Waals surface area contributed by atoms with Gasteiger partial charge in [0.15, 0.2) is 0 Å². The fourth-order valence-electron chi connectivity index (χ4n) is 5.68. The molecule has 3 aromatic rings. The van der Waals surface area contributed by atoms with Crippen LogP contribution < -0.4 is 0 Å². The molecule has 0 radical (unpaired) electrons. The fraction of sp³-hybridized carbons (Fsp3) is 0.130. The highest BCUT2D eigenvalue weighted by atomic mass is 127. The van der Waals surface area contributed by atoms with Crippen LogP contribution >= 0.6 is 45.2 Å². The van der Waals surface area contributed by atoms with Crippen molar-refractivity contribution in [2.24, 2.45) is 0 Å². The van der Waals surface area contributed by atoms with Gasteiger partial charge in [-0.15, -0.1) is 0 Å². The molecule has 0 fully saturated rings. The molecule has 2 nitrogen and oxygen atoms in total. The summed E-state index contributed by atoms with van der Waals surface area (Å²) >= 11 is 4.55. The van der Waals surface area contributed by atoms with Crippen LogP contribution in [0.25, 0.3) is 0 Å². The molecule has 0 N–H and O–H groups in total. The van der Waals surface area contributed by atoms with Crippen molar-refractivity contribution in [2.45, 2.75) is 17.3 Å². The molecule has 0 bridgehead atoms. The van der Waals surface area contributed by atoms with Gasteiger partial charge in [-0.25, -0.2) is 0 Å². The predicted molar refractivity (Wildman–Crippen MR) is 119 cm³/mol. The molecule has 4 heteroatoms.